The predicted molar refractivity (Wildman–Crippen MR) is 120 cm³/mol. The second-order valence-corrected chi connectivity index (χ2v) is 8.59. The number of ether oxygens (including phenoxy) is 2. The lowest BCUT2D eigenvalue weighted by Crippen LogP contribution is -2.41. The smallest absolute Gasteiger partial charge is 0.326 e. The minimum absolute atomic E-state index is 0.00292. The number of carbonyl (C=O) groups excluding carboxylic acids is 1. The molecule has 29 heavy (non-hydrogen) atoms. The molecule has 2 rings (SSSR count). The summed E-state index contributed by atoms with van der Waals surface area (Å²) in [5.74, 6) is 2.98. The lowest BCUT2D eigenvalue weighted by Gasteiger charge is -2.37. The fourth-order valence-electron chi connectivity index (χ4n) is 4.38. The highest BCUT2D eigenvalue weighted by Crippen LogP contribution is 2.35. The van der Waals surface area contributed by atoms with Gasteiger partial charge in [-0.1, -0.05) is 40.2 Å². The molecule has 1 aliphatic carbocycles. The van der Waals surface area contributed by atoms with Gasteiger partial charge in [-0.15, -0.1) is 0 Å². The summed E-state index contributed by atoms with van der Waals surface area (Å²) in [6, 6.07) is 5.90. The van der Waals surface area contributed by atoms with E-state index in [1.54, 1.807) is 14.2 Å². The van der Waals surface area contributed by atoms with Gasteiger partial charge >= 0.3 is 5.97 Å². The van der Waals surface area contributed by atoms with Gasteiger partial charge in [-0.2, -0.15) is 0 Å². The minimum atomic E-state index is -0.188. The number of benzene rings is 1. The lowest BCUT2D eigenvalue weighted by atomic mass is 9.75. The van der Waals surface area contributed by atoms with Gasteiger partial charge in [-0.3, -0.25) is 9.79 Å². The van der Waals surface area contributed by atoms with Crippen LogP contribution in [0.15, 0.2) is 23.2 Å². The predicted octanol–water partition coefficient (Wildman–Crippen LogP) is 5.25. The summed E-state index contributed by atoms with van der Waals surface area (Å²) in [4.78, 5) is 19.4. The van der Waals surface area contributed by atoms with Gasteiger partial charge in [-0.05, 0) is 49.1 Å². The van der Waals surface area contributed by atoms with Crippen molar-refractivity contribution in [1.29, 1.82) is 0 Å². The molecule has 3 atom stereocenters. The SMILES string of the molecule is CC/C(=N\C)N(CC(=O)O[C@@H]1C[C@H](C)CC[C@H]1C(C)C)c1cc(OC)ccc1C. The first kappa shape index (κ1) is 23.2. The van der Waals surface area contributed by atoms with Crippen LogP contribution in [0.5, 0.6) is 5.75 Å². The number of methoxy groups -OCH3 is 1. The number of aliphatic imine (C=N–C) groups is 1. The highest BCUT2D eigenvalue weighted by molar-refractivity contribution is 6.01. The molecule has 162 valence electrons. The van der Waals surface area contributed by atoms with Gasteiger partial charge in [0.1, 0.15) is 24.2 Å². The first-order valence-corrected chi connectivity index (χ1v) is 10.9. The topological polar surface area (TPSA) is 51.1 Å². The standard InChI is InChI=1S/C24H38N2O3/c1-8-23(25-6)26(21-14-19(28-7)11-10-18(21)5)15-24(27)29-22-13-17(4)9-12-20(22)16(2)3/h10-11,14,16-17,20,22H,8-9,12-13,15H2,1-7H3/b25-23+/t17-,20+,22-/m1/s1. The van der Waals surface area contributed by atoms with Gasteiger partial charge in [-0.25, -0.2) is 0 Å². The fraction of sp³-hybridized carbons (Fsp3) is 0.667. The molecule has 0 unspecified atom stereocenters. The van der Waals surface area contributed by atoms with Gasteiger partial charge in [0.25, 0.3) is 0 Å². The van der Waals surface area contributed by atoms with Crippen LogP contribution in [0.2, 0.25) is 0 Å². The molecule has 0 heterocycles. The maximum atomic E-state index is 13.0. The number of anilines is 1. The molecule has 0 aliphatic heterocycles. The Hall–Kier alpha value is -2.04. The van der Waals surface area contributed by atoms with E-state index in [-0.39, 0.29) is 18.6 Å². The van der Waals surface area contributed by atoms with Crippen molar-refractivity contribution in [2.75, 3.05) is 25.6 Å². The second kappa shape index (κ2) is 10.7. The Labute approximate surface area is 176 Å². The van der Waals surface area contributed by atoms with Crippen molar-refractivity contribution in [1.82, 2.24) is 0 Å². The number of nitrogens with zero attached hydrogens (tertiary/aromatic N) is 2. The number of amidine groups is 1. The number of carbonyl (C=O) groups is 1. The maximum Gasteiger partial charge on any atom is 0.326 e. The van der Waals surface area contributed by atoms with Crippen LogP contribution in [-0.2, 0) is 9.53 Å². The molecule has 0 spiro atoms. The summed E-state index contributed by atoms with van der Waals surface area (Å²) in [6.07, 6.45) is 4.04. The fourth-order valence-corrected chi connectivity index (χ4v) is 4.38. The highest BCUT2D eigenvalue weighted by Gasteiger charge is 2.34. The average molecular weight is 403 g/mol. The molecule has 0 saturated heterocycles. The Morgan fingerprint density at radius 2 is 2.03 bits per heavy atom. The van der Waals surface area contributed by atoms with Crippen LogP contribution in [0.1, 0.15) is 58.9 Å². The molecule has 1 saturated carbocycles. The summed E-state index contributed by atoms with van der Waals surface area (Å²) < 4.78 is 11.5. The number of hydrogen-bond donors (Lipinski definition) is 0. The largest absolute Gasteiger partial charge is 0.497 e. The van der Waals surface area contributed by atoms with E-state index in [1.807, 2.05) is 36.9 Å². The molecule has 0 radical (unpaired) electrons. The van der Waals surface area contributed by atoms with Crippen molar-refractivity contribution in [2.45, 2.75) is 66.4 Å². The van der Waals surface area contributed by atoms with Crippen LogP contribution in [-0.4, -0.2) is 38.6 Å². The number of rotatable bonds is 7. The van der Waals surface area contributed by atoms with Crippen LogP contribution < -0.4 is 9.64 Å². The van der Waals surface area contributed by atoms with E-state index in [1.165, 1.54) is 6.42 Å². The van der Waals surface area contributed by atoms with Crippen LogP contribution in [0.4, 0.5) is 5.69 Å². The monoisotopic (exact) mass is 402 g/mol. The molecule has 0 N–H and O–H groups in total. The molecule has 1 aliphatic rings. The average Bonchev–Trinajstić information content (AvgIpc) is 2.68. The van der Waals surface area contributed by atoms with Crippen molar-refractivity contribution < 1.29 is 14.3 Å². The van der Waals surface area contributed by atoms with Gasteiger partial charge < -0.3 is 14.4 Å². The summed E-state index contributed by atoms with van der Waals surface area (Å²) in [7, 11) is 3.42. The minimum Gasteiger partial charge on any atom is -0.497 e. The van der Waals surface area contributed by atoms with Crippen LogP contribution in [0.3, 0.4) is 0 Å². The lowest BCUT2D eigenvalue weighted by molar-refractivity contribution is -0.154. The Balaban J connectivity index is 2.24. The van der Waals surface area contributed by atoms with E-state index in [0.29, 0.717) is 17.8 Å². The third kappa shape index (κ3) is 5.97. The number of esters is 1. The zero-order valence-corrected chi connectivity index (χ0v) is 19.2. The van der Waals surface area contributed by atoms with E-state index >= 15 is 0 Å². The van der Waals surface area contributed by atoms with Gasteiger partial charge in [0.15, 0.2) is 0 Å². The van der Waals surface area contributed by atoms with Gasteiger partial charge in [0.05, 0.1) is 7.11 Å². The molecule has 1 aromatic rings. The second-order valence-electron chi connectivity index (χ2n) is 8.59. The zero-order chi connectivity index (χ0) is 21.6. The first-order valence-electron chi connectivity index (χ1n) is 10.9. The molecule has 0 amide bonds. The quantitative estimate of drug-likeness (QED) is 0.355. The Morgan fingerprint density at radius 1 is 1.31 bits per heavy atom. The number of hydrogen-bond acceptors (Lipinski definition) is 4. The van der Waals surface area contributed by atoms with E-state index in [9.17, 15) is 4.79 Å². The zero-order valence-electron chi connectivity index (χ0n) is 19.2. The Bertz CT molecular complexity index is 714. The molecule has 0 aromatic heterocycles. The van der Waals surface area contributed by atoms with E-state index < -0.39 is 0 Å². The van der Waals surface area contributed by atoms with Crippen LogP contribution in [0, 0.1) is 24.7 Å². The van der Waals surface area contributed by atoms with E-state index in [2.05, 4.69) is 25.8 Å². The molecule has 0 bridgehead atoms. The highest BCUT2D eigenvalue weighted by atomic mass is 16.5. The Morgan fingerprint density at radius 3 is 2.62 bits per heavy atom. The van der Waals surface area contributed by atoms with Crippen molar-refractivity contribution in [3.05, 3.63) is 23.8 Å². The summed E-state index contributed by atoms with van der Waals surface area (Å²) in [5, 5.41) is 0. The van der Waals surface area contributed by atoms with E-state index in [0.717, 1.165) is 42.1 Å². The normalized spacial score (nSPS) is 22.5. The van der Waals surface area contributed by atoms with E-state index in [4.69, 9.17) is 9.47 Å². The molecule has 5 nitrogen and oxygen atoms in total. The third-order valence-corrected chi connectivity index (χ3v) is 6.12. The summed E-state index contributed by atoms with van der Waals surface area (Å²) >= 11 is 0. The van der Waals surface area contributed by atoms with Gasteiger partial charge in [0, 0.05) is 25.2 Å². The van der Waals surface area contributed by atoms with Crippen LogP contribution >= 0.6 is 0 Å². The van der Waals surface area contributed by atoms with Crippen molar-refractivity contribution in [2.24, 2.45) is 22.7 Å². The molecular formula is C24H38N2O3. The third-order valence-electron chi connectivity index (χ3n) is 6.12. The van der Waals surface area contributed by atoms with Gasteiger partial charge in [0.2, 0.25) is 0 Å². The maximum absolute atomic E-state index is 13.0. The first-order chi connectivity index (χ1) is 13.8. The number of aryl methyl sites for hydroxylation is 1. The molecule has 1 aromatic carbocycles. The van der Waals surface area contributed by atoms with Crippen LogP contribution in [0.25, 0.3) is 0 Å². The summed E-state index contributed by atoms with van der Waals surface area (Å²) in [5.41, 5.74) is 2.00. The molecular weight excluding hydrogens is 364 g/mol. The molecule has 5 heteroatoms. The Kier molecular flexibility index (Phi) is 8.54. The molecule has 1 fully saturated rings. The van der Waals surface area contributed by atoms with Crippen molar-refractivity contribution >= 4 is 17.5 Å². The van der Waals surface area contributed by atoms with Crippen molar-refractivity contribution in [3.8, 4) is 5.75 Å². The summed E-state index contributed by atoms with van der Waals surface area (Å²) in [6.45, 7) is 11.0. The van der Waals surface area contributed by atoms with Crippen molar-refractivity contribution in [3.63, 3.8) is 0 Å².